The van der Waals surface area contributed by atoms with Crippen molar-refractivity contribution in [3.05, 3.63) is 23.0 Å². The van der Waals surface area contributed by atoms with E-state index in [0.717, 1.165) is 0 Å². The summed E-state index contributed by atoms with van der Waals surface area (Å²) in [6.45, 7) is 3.44. The normalized spacial score (nSPS) is 33.4. The summed E-state index contributed by atoms with van der Waals surface area (Å²) in [6.07, 6.45) is 0.937. The van der Waals surface area contributed by atoms with Gasteiger partial charge < -0.3 is 24.3 Å². The first-order valence-corrected chi connectivity index (χ1v) is 7.02. The van der Waals surface area contributed by atoms with Crippen LogP contribution in [-0.4, -0.2) is 55.3 Å². The molecule has 0 spiro atoms. The van der Waals surface area contributed by atoms with Crippen molar-refractivity contribution >= 4 is 11.2 Å². The molecular formula is C13H16N4O5. The van der Waals surface area contributed by atoms with E-state index in [1.54, 1.807) is 4.57 Å². The van der Waals surface area contributed by atoms with Gasteiger partial charge in [0.1, 0.15) is 18.3 Å². The van der Waals surface area contributed by atoms with Gasteiger partial charge in [-0.3, -0.25) is 9.36 Å². The molecule has 22 heavy (non-hydrogen) atoms. The van der Waals surface area contributed by atoms with Gasteiger partial charge in [-0.25, -0.2) is 9.97 Å². The van der Waals surface area contributed by atoms with E-state index in [4.69, 9.17) is 14.2 Å². The fourth-order valence-electron chi connectivity index (χ4n) is 3.08. The molecule has 0 unspecified atom stereocenters. The molecule has 0 bridgehead atoms. The van der Waals surface area contributed by atoms with Crippen molar-refractivity contribution in [2.75, 3.05) is 6.61 Å². The summed E-state index contributed by atoms with van der Waals surface area (Å²) < 4.78 is 19.2. The second kappa shape index (κ2) is 4.59. The second-order valence-electron chi connectivity index (χ2n) is 5.87. The Labute approximate surface area is 124 Å². The zero-order chi connectivity index (χ0) is 15.5. The first kappa shape index (κ1) is 13.8. The number of fused-ring (bicyclic) bond motifs is 2. The van der Waals surface area contributed by atoms with E-state index < -0.39 is 24.2 Å². The number of aromatic nitrogens is 4. The Hall–Kier alpha value is -1.81. The summed E-state index contributed by atoms with van der Waals surface area (Å²) in [5.41, 5.74) is 0.314. The Balaban J connectivity index is 1.78. The van der Waals surface area contributed by atoms with Crippen LogP contribution in [0.4, 0.5) is 0 Å². The molecule has 9 nitrogen and oxygen atoms in total. The number of nitrogens with zero attached hydrogens (tertiary/aromatic N) is 3. The van der Waals surface area contributed by atoms with Crippen LogP contribution in [0.2, 0.25) is 0 Å². The highest BCUT2D eigenvalue weighted by Crippen LogP contribution is 2.43. The molecule has 9 heteroatoms. The molecule has 0 amide bonds. The first-order chi connectivity index (χ1) is 10.5. The third-order valence-electron chi connectivity index (χ3n) is 3.94. The van der Waals surface area contributed by atoms with E-state index >= 15 is 0 Å². The number of ether oxygens (including phenoxy) is 3. The van der Waals surface area contributed by atoms with Crippen LogP contribution in [0.15, 0.2) is 17.4 Å². The number of hydrogen-bond acceptors (Lipinski definition) is 7. The minimum atomic E-state index is -0.758. The van der Waals surface area contributed by atoms with Gasteiger partial charge in [0.2, 0.25) is 0 Å². The van der Waals surface area contributed by atoms with Gasteiger partial charge in [-0.2, -0.15) is 0 Å². The van der Waals surface area contributed by atoms with Crippen LogP contribution in [-0.2, 0) is 14.2 Å². The predicted molar refractivity (Wildman–Crippen MR) is 73.0 cm³/mol. The molecule has 2 aliphatic heterocycles. The van der Waals surface area contributed by atoms with E-state index in [2.05, 4.69) is 15.0 Å². The van der Waals surface area contributed by atoms with E-state index in [1.165, 1.54) is 12.7 Å². The third-order valence-corrected chi connectivity index (χ3v) is 3.94. The fraction of sp³-hybridized carbons (Fsp3) is 0.615. The highest BCUT2D eigenvalue weighted by Gasteiger charge is 2.55. The summed E-state index contributed by atoms with van der Waals surface area (Å²) in [6, 6.07) is 0. The largest absolute Gasteiger partial charge is 0.394 e. The number of rotatable bonds is 2. The molecular weight excluding hydrogens is 292 g/mol. The molecule has 0 aliphatic carbocycles. The molecule has 2 saturated heterocycles. The topological polar surface area (TPSA) is 111 Å². The molecule has 0 saturated carbocycles. The molecule has 2 aromatic rings. The van der Waals surface area contributed by atoms with Crippen LogP contribution < -0.4 is 5.56 Å². The fourth-order valence-corrected chi connectivity index (χ4v) is 3.08. The number of imidazole rings is 1. The number of aliphatic hydroxyl groups is 1. The maximum absolute atomic E-state index is 11.8. The van der Waals surface area contributed by atoms with Crippen LogP contribution in [0, 0.1) is 0 Å². The van der Waals surface area contributed by atoms with Gasteiger partial charge in [0, 0.05) is 0 Å². The molecule has 2 aliphatic rings. The van der Waals surface area contributed by atoms with Gasteiger partial charge in [0.25, 0.3) is 5.56 Å². The molecule has 4 rings (SSSR count). The monoisotopic (exact) mass is 308 g/mol. The molecule has 2 fully saturated rings. The Morgan fingerprint density at radius 2 is 2.14 bits per heavy atom. The van der Waals surface area contributed by atoms with Crippen LogP contribution in [0.3, 0.4) is 0 Å². The van der Waals surface area contributed by atoms with Gasteiger partial charge >= 0.3 is 0 Å². The van der Waals surface area contributed by atoms with Gasteiger partial charge in [-0.05, 0) is 13.8 Å². The lowest BCUT2D eigenvalue weighted by Crippen LogP contribution is -2.31. The van der Waals surface area contributed by atoms with Crippen molar-refractivity contribution in [3.63, 3.8) is 0 Å². The van der Waals surface area contributed by atoms with E-state index in [1.807, 2.05) is 13.8 Å². The van der Waals surface area contributed by atoms with Gasteiger partial charge in [-0.15, -0.1) is 0 Å². The van der Waals surface area contributed by atoms with Crippen molar-refractivity contribution < 1.29 is 19.3 Å². The number of aromatic amines is 1. The summed E-state index contributed by atoms with van der Waals surface area (Å²) in [5.74, 6) is -0.758. The Bertz CT molecular complexity index is 769. The Morgan fingerprint density at radius 1 is 1.36 bits per heavy atom. The number of aliphatic hydroxyl groups excluding tert-OH is 1. The summed E-state index contributed by atoms with van der Waals surface area (Å²) in [7, 11) is 0. The second-order valence-corrected chi connectivity index (χ2v) is 5.87. The predicted octanol–water partition coefficient (Wildman–Crippen LogP) is -0.471. The molecule has 2 aromatic heterocycles. The summed E-state index contributed by atoms with van der Waals surface area (Å²) in [5, 5.41) is 9.50. The third kappa shape index (κ3) is 1.90. The Kier molecular flexibility index (Phi) is 2.89. The maximum Gasteiger partial charge on any atom is 0.278 e. The highest BCUT2D eigenvalue weighted by atomic mass is 16.8. The van der Waals surface area contributed by atoms with Gasteiger partial charge in [-0.1, -0.05) is 0 Å². The van der Waals surface area contributed by atoms with Crippen molar-refractivity contribution in [3.8, 4) is 0 Å². The minimum absolute atomic E-state index is 0.183. The quantitative estimate of drug-likeness (QED) is 0.771. The van der Waals surface area contributed by atoms with Gasteiger partial charge in [0.05, 0.1) is 19.3 Å². The smallest absolute Gasteiger partial charge is 0.278 e. The van der Waals surface area contributed by atoms with E-state index in [9.17, 15) is 9.90 Å². The maximum atomic E-state index is 11.8. The average molecular weight is 308 g/mol. The zero-order valence-electron chi connectivity index (χ0n) is 12.1. The molecule has 2 N–H and O–H groups in total. The number of hydrogen-bond donors (Lipinski definition) is 2. The molecule has 4 heterocycles. The van der Waals surface area contributed by atoms with Crippen LogP contribution in [0.1, 0.15) is 20.1 Å². The lowest BCUT2D eigenvalue weighted by molar-refractivity contribution is -0.199. The molecule has 118 valence electrons. The van der Waals surface area contributed by atoms with Crippen LogP contribution in [0.25, 0.3) is 11.2 Å². The van der Waals surface area contributed by atoms with Crippen molar-refractivity contribution in [2.24, 2.45) is 0 Å². The van der Waals surface area contributed by atoms with E-state index in [0.29, 0.717) is 5.65 Å². The number of H-pyrrole nitrogens is 1. The lowest BCUT2D eigenvalue weighted by Gasteiger charge is -2.24. The van der Waals surface area contributed by atoms with Gasteiger partial charge in [0.15, 0.2) is 23.2 Å². The summed E-state index contributed by atoms with van der Waals surface area (Å²) in [4.78, 5) is 22.5. The highest BCUT2D eigenvalue weighted by molar-refractivity contribution is 5.68. The standard InChI is InChI=1S/C13H16N4O5/c1-13(2)21-8-6(3-18)20-12(9(8)22-13)17-5-16-7-10(17)14-4-15-11(7)19/h4-6,8-9,12,18H,3H2,1-2H3,(H,14,15,19)/t6-,8+,9+,12-/m0/s1. The number of nitrogens with one attached hydrogen (secondary N) is 1. The molecule has 0 radical (unpaired) electrons. The van der Waals surface area contributed by atoms with Crippen LogP contribution in [0.5, 0.6) is 0 Å². The van der Waals surface area contributed by atoms with E-state index in [-0.39, 0.29) is 23.8 Å². The minimum Gasteiger partial charge on any atom is -0.394 e. The van der Waals surface area contributed by atoms with Crippen molar-refractivity contribution in [1.29, 1.82) is 0 Å². The molecule has 4 atom stereocenters. The van der Waals surface area contributed by atoms with Crippen molar-refractivity contribution in [1.82, 2.24) is 19.5 Å². The average Bonchev–Trinajstić information content (AvgIpc) is 3.10. The zero-order valence-corrected chi connectivity index (χ0v) is 12.1. The summed E-state index contributed by atoms with van der Waals surface area (Å²) >= 11 is 0. The SMILES string of the molecule is CC1(C)O[C@@H]2[C@H](O1)[C@H](CO)O[C@@H]2n1cnc2c(=O)[nH]cnc21. The Morgan fingerprint density at radius 3 is 2.91 bits per heavy atom. The lowest BCUT2D eigenvalue weighted by atomic mass is 10.1. The first-order valence-electron chi connectivity index (χ1n) is 7.02. The van der Waals surface area contributed by atoms with Crippen LogP contribution >= 0.6 is 0 Å². The van der Waals surface area contributed by atoms with Crippen molar-refractivity contribution in [2.45, 2.75) is 44.2 Å². The molecule has 0 aromatic carbocycles.